The summed E-state index contributed by atoms with van der Waals surface area (Å²) >= 11 is 7.41. The molecule has 0 radical (unpaired) electrons. The highest BCUT2D eigenvalue weighted by Gasteiger charge is 2.24. The molecule has 6 heteroatoms. The SMILES string of the molecule is Cc1cc(C)cc(N=C2NC(=O)/C(=C/c3cn(Cc4ccc(Cl)cc4)c4ccccc34)S2)c1. The monoisotopic (exact) mass is 471 g/mol. The van der Waals surface area contributed by atoms with Crippen molar-refractivity contribution in [2.24, 2.45) is 4.99 Å². The van der Waals surface area contributed by atoms with Crippen LogP contribution < -0.4 is 5.32 Å². The lowest BCUT2D eigenvalue weighted by atomic mass is 10.1. The predicted octanol–water partition coefficient (Wildman–Crippen LogP) is 6.85. The molecule has 4 aromatic rings. The molecule has 1 aliphatic rings. The van der Waals surface area contributed by atoms with E-state index in [1.165, 1.54) is 11.8 Å². The third-order valence-corrected chi connectivity index (χ3v) is 6.62. The summed E-state index contributed by atoms with van der Waals surface area (Å²) in [6, 6.07) is 22.2. The van der Waals surface area contributed by atoms with E-state index in [0.717, 1.165) is 50.4 Å². The van der Waals surface area contributed by atoms with Gasteiger partial charge in [0.2, 0.25) is 0 Å². The first-order valence-corrected chi connectivity index (χ1v) is 11.8. The molecule has 33 heavy (non-hydrogen) atoms. The number of aliphatic imine (C=N–C) groups is 1. The van der Waals surface area contributed by atoms with Crippen LogP contribution in [0.1, 0.15) is 22.3 Å². The van der Waals surface area contributed by atoms with Gasteiger partial charge >= 0.3 is 0 Å². The largest absolute Gasteiger partial charge is 0.342 e. The molecule has 0 bridgehead atoms. The van der Waals surface area contributed by atoms with E-state index in [0.29, 0.717) is 10.1 Å². The Morgan fingerprint density at radius 3 is 2.52 bits per heavy atom. The Morgan fingerprint density at radius 2 is 1.76 bits per heavy atom. The zero-order valence-electron chi connectivity index (χ0n) is 18.3. The fourth-order valence-electron chi connectivity index (χ4n) is 4.06. The number of hydrogen-bond donors (Lipinski definition) is 1. The first kappa shape index (κ1) is 21.6. The van der Waals surface area contributed by atoms with E-state index in [2.05, 4.69) is 39.3 Å². The lowest BCUT2D eigenvalue weighted by Gasteiger charge is -2.05. The van der Waals surface area contributed by atoms with Crippen molar-refractivity contribution in [2.75, 3.05) is 0 Å². The van der Waals surface area contributed by atoms with E-state index in [1.807, 2.05) is 68.5 Å². The molecule has 164 valence electrons. The number of aryl methyl sites for hydroxylation is 2. The van der Waals surface area contributed by atoms with Gasteiger partial charge in [-0.15, -0.1) is 0 Å². The summed E-state index contributed by atoms with van der Waals surface area (Å²) in [5.74, 6) is -0.127. The van der Waals surface area contributed by atoms with Crippen LogP contribution in [0.25, 0.3) is 17.0 Å². The third kappa shape index (κ3) is 4.75. The van der Waals surface area contributed by atoms with Crippen molar-refractivity contribution in [3.05, 3.63) is 105 Å². The number of halogens is 1. The van der Waals surface area contributed by atoms with Gasteiger partial charge in [-0.1, -0.05) is 48.0 Å². The maximum atomic E-state index is 12.7. The van der Waals surface area contributed by atoms with Crippen molar-refractivity contribution in [3.63, 3.8) is 0 Å². The van der Waals surface area contributed by atoms with Gasteiger partial charge in [-0.25, -0.2) is 4.99 Å². The lowest BCUT2D eigenvalue weighted by Crippen LogP contribution is -2.19. The Bertz CT molecular complexity index is 1410. The van der Waals surface area contributed by atoms with Crippen molar-refractivity contribution in [1.82, 2.24) is 9.88 Å². The van der Waals surface area contributed by atoms with Crippen LogP contribution in [0, 0.1) is 13.8 Å². The topological polar surface area (TPSA) is 46.4 Å². The summed E-state index contributed by atoms with van der Waals surface area (Å²) in [6.45, 7) is 4.81. The highest BCUT2D eigenvalue weighted by Crippen LogP contribution is 2.31. The highest BCUT2D eigenvalue weighted by molar-refractivity contribution is 8.18. The normalized spacial score (nSPS) is 16.2. The highest BCUT2D eigenvalue weighted by atomic mass is 35.5. The molecule has 1 amide bonds. The first-order chi connectivity index (χ1) is 15.9. The lowest BCUT2D eigenvalue weighted by molar-refractivity contribution is -0.115. The second-order valence-electron chi connectivity index (χ2n) is 8.18. The Morgan fingerprint density at radius 1 is 1.03 bits per heavy atom. The van der Waals surface area contributed by atoms with E-state index >= 15 is 0 Å². The average Bonchev–Trinajstić information content (AvgIpc) is 3.29. The molecule has 1 N–H and O–H groups in total. The van der Waals surface area contributed by atoms with E-state index in [9.17, 15) is 4.79 Å². The number of nitrogens with zero attached hydrogens (tertiary/aromatic N) is 2. The molecule has 0 unspecified atom stereocenters. The van der Waals surface area contributed by atoms with Gasteiger partial charge in [0, 0.05) is 34.2 Å². The zero-order valence-corrected chi connectivity index (χ0v) is 19.9. The summed E-state index contributed by atoms with van der Waals surface area (Å²) in [6.07, 6.45) is 4.05. The van der Waals surface area contributed by atoms with Crippen molar-refractivity contribution in [3.8, 4) is 0 Å². The van der Waals surface area contributed by atoms with Gasteiger partial charge in [-0.3, -0.25) is 4.79 Å². The van der Waals surface area contributed by atoms with Crippen LogP contribution >= 0.6 is 23.4 Å². The quantitative estimate of drug-likeness (QED) is 0.331. The van der Waals surface area contributed by atoms with Crippen molar-refractivity contribution in [1.29, 1.82) is 0 Å². The van der Waals surface area contributed by atoms with Crippen molar-refractivity contribution in [2.45, 2.75) is 20.4 Å². The smallest absolute Gasteiger partial charge is 0.264 e. The second kappa shape index (κ2) is 8.93. The molecule has 0 atom stereocenters. The van der Waals surface area contributed by atoms with Gasteiger partial charge in [0.05, 0.1) is 10.6 Å². The number of amidine groups is 1. The van der Waals surface area contributed by atoms with E-state index < -0.39 is 0 Å². The number of aromatic nitrogens is 1. The van der Waals surface area contributed by atoms with E-state index in [4.69, 9.17) is 11.6 Å². The van der Waals surface area contributed by atoms with Crippen LogP contribution in [-0.4, -0.2) is 15.6 Å². The molecule has 5 rings (SSSR count). The number of benzene rings is 3. The van der Waals surface area contributed by atoms with E-state index in [1.54, 1.807) is 0 Å². The van der Waals surface area contributed by atoms with Crippen LogP contribution in [-0.2, 0) is 11.3 Å². The van der Waals surface area contributed by atoms with Crippen molar-refractivity contribution < 1.29 is 4.79 Å². The Kier molecular flexibility index (Phi) is 5.83. The van der Waals surface area contributed by atoms with Gasteiger partial charge < -0.3 is 9.88 Å². The zero-order chi connectivity index (χ0) is 22.9. The standard InChI is InChI=1S/C27H22ClN3OS/c1-17-11-18(2)13-22(12-17)29-27-30-26(32)25(33-27)14-20-16-31(24-6-4-3-5-23(20)24)15-19-7-9-21(28)10-8-19/h3-14,16H,15H2,1-2H3,(H,29,30,32)/b25-14-. The van der Waals surface area contributed by atoms with Crippen molar-refractivity contribution >= 4 is 57.1 Å². The molecule has 0 spiro atoms. The maximum Gasteiger partial charge on any atom is 0.264 e. The third-order valence-electron chi connectivity index (χ3n) is 5.46. The fourth-order valence-corrected chi connectivity index (χ4v) is 5.02. The molecular weight excluding hydrogens is 450 g/mol. The number of thioether (sulfide) groups is 1. The number of rotatable bonds is 4. The molecule has 1 saturated heterocycles. The molecule has 1 aromatic heterocycles. The molecule has 2 heterocycles. The number of fused-ring (bicyclic) bond motifs is 1. The van der Waals surface area contributed by atoms with Gasteiger partial charge in [-0.05, 0) is 78.7 Å². The molecule has 0 aliphatic carbocycles. The minimum atomic E-state index is -0.127. The minimum absolute atomic E-state index is 0.127. The van der Waals surface area contributed by atoms with Crippen LogP contribution in [0.5, 0.6) is 0 Å². The Labute approximate surface area is 202 Å². The minimum Gasteiger partial charge on any atom is -0.342 e. The van der Waals surface area contributed by atoms with Gasteiger partial charge in [0.1, 0.15) is 0 Å². The predicted molar refractivity (Wildman–Crippen MR) is 139 cm³/mol. The molecule has 4 nitrogen and oxygen atoms in total. The fraction of sp³-hybridized carbons (Fsp3) is 0.111. The van der Waals surface area contributed by atoms with Gasteiger partial charge in [-0.2, -0.15) is 0 Å². The number of hydrogen-bond acceptors (Lipinski definition) is 3. The maximum absolute atomic E-state index is 12.7. The summed E-state index contributed by atoms with van der Waals surface area (Å²) < 4.78 is 2.20. The summed E-state index contributed by atoms with van der Waals surface area (Å²) in [5.41, 5.74) is 6.42. The first-order valence-electron chi connectivity index (χ1n) is 10.6. The summed E-state index contributed by atoms with van der Waals surface area (Å²) in [4.78, 5) is 18.0. The van der Waals surface area contributed by atoms with Crippen LogP contribution in [0.15, 0.2) is 82.8 Å². The number of nitrogens with one attached hydrogen (secondary N) is 1. The van der Waals surface area contributed by atoms with E-state index in [-0.39, 0.29) is 5.91 Å². The van der Waals surface area contributed by atoms with Crippen LogP contribution in [0.3, 0.4) is 0 Å². The van der Waals surface area contributed by atoms with Crippen LogP contribution in [0.2, 0.25) is 5.02 Å². The number of carbonyl (C=O) groups is 1. The number of amides is 1. The Balaban J connectivity index is 1.47. The number of carbonyl (C=O) groups excluding carboxylic acids is 1. The molecule has 3 aromatic carbocycles. The average molecular weight is 472 g/mol. The summed E-state index contributed by atoms with van der Waals surface area (Å²) in [7, 11) is 0. The Hall–Kier alpha value is -3.28. The number of para-hydroxylation sites is 1. The molecular formula is C27H22ClN3OS. The molecule has 1 aliphatic heterocycles. The van der Waals surface area contributed by atoms with Gasteiger partial charge in [0.25, 0.3) is 5.91 Å². The molecule has 0 saturated carbocycles. The van der Waals surface area contributed by atoms with Crippen LogP contribution in [0.4, 0.5) is 5.69 Å². The molecule has 1 fully saturated rings. The summed E-state index contributed by atoms with van der Waals surface area (Å²) in [5, 5.41) is 5.33. The van der Waals surface area contributed by atoms with Gasteiger partial charge in [0.15, 0.2) is 5.17 Å². The second-order valence-corrected chi connectivity index (χ2v) is 9.65.